The number of halogens is 1. The Morgan fingerprint density at radius 2 is 1.44 bits per heavy atom. The summed E-state index contributed by atoms with van der Waals surface area (Å²) in [4.78, 5) is -0.370. The second-order valence-corrected chi connectivity index (χ2v) is 9.84. The van der Waals surface area contributed by atoms with Crippen LogP contribution in [0, 0.1) is 5.82 Å². The zero-order chi connectivity index (χ0) is 23.7. The lowest BCUT2D eigenvalue weighted by molar-refractivity contribution is 0.561. The predicted molar refractivity (Wildman–Crippen MR) is 133 cm³/mol. The van der Waals surface area contributed by atoms with Gasteiger partial charge in [0, 0.05) is 17.4 Å². The van der Waals surface area contributed by atoms with Crippen molar-refractivity contribution in [3.8, 4) is 22.3 Å². The van der Waals surface area contributed by atoms with Gasteiger partial charge in [-0.3, -0.25) is 0 Å². The highest BCUT2D eigenvalue weighted by Gasteiger charge is 2.19. The molecule has 5 rings (SSSR count). The molecular weight excluding hydrogens is 449 g/mol. The molecule has 0 radical (unpaired) electrons. The molecule has 0 aliphatic carbocycles. The van der Waals surface area contributed by atoms with Crippen LogP contribution in [0.3, 0.4) is 0 Å². The Morgan fingerprint density at radius 3 is 2.15 bits per heavy atom. The lowest BCUT2D eigenvalue weighted by atomic mass is 9.96. The summed E-state index contributed by atoms with van der Waals surface area (Å²) in [6, 6.07) is 30.0. The Morgan fingerprint density at radius 1 is 0.794 bits per heavy atom. The van der Waals surface area contributed by atoms with Crippen molar-refractivity contribution in [2.24, 2.45) is 0 Å². The fraction of sp³-hybridized carbons (Fsp3) is 0.0714. The van der Waals surface area contributed by atoms with Gasteiger partial charge in [-0.05, 0) is 47.5 Å². The number of para-hydroxylation sites is 1. The lowest BCUT2D eigenvalue weighted by Crippen LogP contribution is -2.19. The van der Waals surface area contributed by atoms with Gasteiger partial charge in [0.2, 0.25) is 10.0 Å². The quantitative estimate of drug-likeness (QED) is 0.312. The molecule has 0 saturated heterocycles. The van der Waals surface area contributed by atoms with Crippen molar-refractivity contribution in [3.05, 3.63) is 114 Å². The van der Waals surface area contributed by atoms with Crippen molar-refractivity contribution >= 4 is 21.0 Å². The molecule has 0 amide bonds. The number of fused-ring (bicyclic) bond motifs is 1. The van der Waals surface area contributed by atoms with E-state index in [1.807, 2.05) is 66.7 Å². The van der Waals surface area contributed by atoms with Gasteiger partial charge >= 0.3 is 0 Å². The highest BCUT2D eigenvalue weighted by molar-refractivity contribution is 7.89. The number of benzene rings is 4. The Bertz CT molecular complexity index is 1570. The first-order valence-electron chi connectivity index (χ1n) is 10.8. The summed E-state index contributed by atoms with van der Waals surface area (Å²) in [7, 11) is -2.59. The fourth-order valence-corrected chi connectivity index (χ4v) is 4.94. The SMILES string of the molecule is CNS(=O)(=O)c1ccc(-c2ccc(-c3c(Cc4ccccc4)oc4ccccc34)cc2)cc1F. The average molecular weight is 472 g/mol. The standard InChI is InChI=1S/C28H22FNO3S/c1-30-34(31,32)27-16-15-22(18-24(27)29)20-11-13-21(14-12-20)28-23-9-5-6-10-25(23)33-26(28)17-19-7-3-2-4-8-19/h2-16,18,30H,17H2,1H3. The van der Waals surface area contributed by atoms with Crippen molar-refractivity contribution < 1.29 is 17.2 Å². The zero-order valence-electron chi connectivity index (χ0n) is 18.5. The molecule has 0 aliphatic rings. The molecule has 0 atom stereocenters. The topological polar surface area (TPSA) is 59.3 Å². The first-order chi connectivity index (χ1) is 16.5. The van der Waals surface area contributed by atoms with E-state index in [2.05, 4.69) is 16.9 Å². The summed E-state index contributed by atoms with van der Waals surface area (Å²) in [6.07, 6.45) is 0.666. The molecule has 0 saturated carbocycles. The number of nitrogens with one attached hydrogen (secondary N) is 1. The molecule has 0 aliphatic heterocycles. The maximum absolute atomic E-state index is 14.5. The molecule has 0 bridgehead atoms. The van der Waals surface area contributed by atoms with Gasteiger partial charge in [0.15, 0.2) is 0 Å². The smallest absolute Gasteiger partial charge is 0.243 e. The number of hydrogen-bond acceptors (Lipinski definition) is 3. The van der Waals surface area contributed by atoms with Gasteiger partial charge in [0.05, 0.1) is 0 Å². The monoisotopic (exact) mass is 471 g/mol. The summed E-state index contributed by atoms with van der Waals surface area (Å²) in [5.41, 5.74) is 5.40. The minimum absolute atomic E-state index is 0.370. The summed E-state index contributed by atoms with van der Waals surface area (Å²) >= 11 is 0. The van der Waals surface area contributed by atoms with Crippen LogP contribution in [0.15, 0.2) is 106 Å². The van der Waals surface area contributed by atoms with Gasteiger partial charge in [0.25, 0.3) is 0 Å². The minimum atomic E-state index is -3.85. The van der Waals surface area contributed by atoms with Crippen molar-refractivity contribution in [1.29, 1.82) is 0 Å². The van der Waals surface area contributed by atoms with Crippen molar-refractivity contribution in [1.82, 2.24) is 4.72 Å². The third-order valence-electron chi connectivity index (χ3n) is 5.87. The van der Waals surface area contributed by atoms with Crippen LogP contribution in [0.4, 0.5) is 4.39 Å². The summed E-state index contributed by atoms with van der Waals surface area (Å²) in [5.74, 6) is 0.0923. The van der Waals surface area contributed by atoms with E-state index in [0.29, 0.717) is 12.0 Å². The van der Waals surface area contributed by atoms with Crippen LogP contribution in [0.5, 0.6) is 0 Å². The van der Waals surface area contributed by atoms with Crippen LogP contribution in [0.1, 0.15) is 11.3 Å². The molecule has 0 fully saturated rings. The van der Waals surface area contributed by atoms with Gasteiger partial charge in [-0.25, -0.2) is 17.5 Å². The second kappa shape index (κ2) is 8.89. The zero-order valence-corrected chi connectivity index (χ0v) is 19.3. The Labute approximate surface area is 197 Å². The second-order valence-electron chi connectivity index (χ2n) is 7.99. The molecule has 34 heavy (non-hydrogen) atoms. The van der Waals surface area contributed by atoms with Crippen LogP contribution in [0.2, 0.25) is 0 Å². The number of sulfonamides is 1. The van der Waals surface area contributed by atoms with E-state index in [9.17, 15) is 12.8 Å². The molecule has 5 aromatic rings. The van der Waals surface area contributed by atoms with E-state index >= 15 is 0 Å². The normalized spacial score (nSPS) is 11.7. The Balaban J connectivity index is 1.53. The van der Waals surface area contributed by atoms with Crippen LogP contribution in [0.25, 0.3) is 33.2 Å². The van der Waals surface area contributed by atoms with E-state index in [4.69, 9.17) is 4.42 Å². The molecule has 6 heteroatoms. The van der Waals surface area contributed by atoms with Gasteiger partial charge in [-0.15, -0.1) is 0 Å². The highest BCUT2D eigenvalue weighted by Crippen LogP contribution is 2.37. The molecule has 1 N–H and O–H groups in total. The highest BCUT2D eigenvalue weighted by atomic mass is 32.2. The number of furan rings is 1. The van der Waals surface area contributed by atoms with Crippen molar-refractivity contribution in [3.63, 3.8) is 0 Å². The lowest BCUT2D eigenvalue weighted by Gasteiger charge is -2.09. The first-order valence-corrected chi connectivity index (χ1v) is 12.3. The molecule has 4 aromatic carbocycles. The predicted octanol–water partition coefficient (Wildman–Crippen LogP) is 6.40. The van der Waals surface area contributed by atoms with Crippen molar-refractivity contribution in [2.45, 2.75) is 11.3 Å². The average Bonchev–Trinajstić information content (AvgIpc) is 3.22. The summed E-state index contributed by atoms with van der Waals surface area (Å²) in [6.45, 7) is 0. The third-order valence-corrected chi connectivity index (χ3v) is 7.32. The maximum atomic E-state index is 14.5. The molecule has 0 spiro atoms. The minimum Gasteiger partial charge on any atom is -0.460 e. The molecule has 0 unspecified atom stereocenters. The van der Waals surface area contributed by atoms with Gasteiger partial charge in [-0.2, -0.15) is 0 Å². The fourth-order valence-electron chi connectivity index (χ4n) is 4.16. The molecule has 1 heterocycles. The molecule has 4 nitrogen and oxygen atoms in total. The van der Waals surface area contributed by atoms with E-state index in [-0.39, 0.29) is 4.90 Å². The maximum Gasteiger partial charge on any atom is 0.243 e. The molecular formula is C28H22FNO3S. The van der Waals surface area contributed by atoms with Gasteiger partial charge in [0.1, 0.15) is 22.1 Å². The molecule has 1 aromatic heterocycles. The van der Waals surface area contributed by atoms with E-state index in [1.165, 1.54) is 19.2 Å². The number of rotatable bonds is 6. The van der Waals surface area contributed by atoms with E-state index < -0.39 is 15.8 Å². The van der Waals surface area contributed by atoms with Crippen LogP contribution < -0.4 is 4.72 Å². The summed E-state index contributed by atoms with van der Waals surface area (Å²) in [5, 5.41) is 1.04. The molecule has 170 valence electrons. The van der Waals surface area contributed by atoms with Crippen LogP contribution >= 0.6 is 0 Å². The largest absolute Gasteiger partial charge is 0.460 e. The Hall–Kier alpha value is -3.74. The Kier molecular flexibility index (Phi) is 5.77. The van der Waals surface area contributed by atoms with Gasteiger partial charge in [-0.1, -0.05) is 78.9 Å². The van der Waals surface area contributed by atoms with E-state index in [0.717, 1.165) is 39.0 Å². The van der Waals surface area contributed by atoms with Crippen LogP contribution in [-0.2, 0) is 16.4 Å². The third kappa shape index (κ3) is 4.14. The number of hydrogen-bond donors (Lipinski definition) is 1. The van der Waals surface area contributed by atoms with Crippen molar-refractivity contribution in [2.75, 3.05) is 7.05 Å². The van der Waals surface area contributed by atoms with Crippen LogP contribution in [-0.4, -0.2) is 15.5 Å². The van der Waals surface area contributed by atoms with Gasteiger partial charge < -0.3 is 4.42 Å². The van der Waals surface area contributed by atoms with E-state index in [1.54, 1.807) is 6.07 Å². The summed E-state index contributed by atoms with van der Waals surface area (Å²) < 4.78 is 46.8. The first kappa shape index (κ1) is 22.1.